The van der Waals surface area contributed by atoms with Crippen LogP contribution in [0.4, 0.5) is 5.69 Å². The van der Waals surface area contributed by atoms with Crippen molar-refractivity contribution in [3.8, 4) is 5.75 Å². The Balaban J connectivity index is 1.40. The van der Waals surface area contributed by atoms with Gasteiger partial charge in [0.2, 0.25) is 10.0 Å². The number of anilines is 1. The molecule has 0 aromatic heterocycles. The van der Waals surface area contributed by atoms with Crippen molar-refractivity contribution in [3.63, 3.8) is 0 Å². The lowest BCUT2D eigenvalue weighted by molar-refractivity contribution is -0.0309. The second kappa shape index (κ2) is 13.0. The largest absolute Gasteiger partial charge is 0.490 e. The summed E-state index contributed by atoms with van der Waals surface area (Å²) in [4.78, 5) is 15.7. The summed E-state index contributed by atoms with van der Waals surface area (Å²) in [5, 5.41) is 0.744. The van der Waals surface area contributed by atoms with Crippen molar-refractivity contribution in [2.75, 3.05) is 50.7 Å². The van der Waals surface area contributed by atoms with Gasteiger partial charge >= 0.3 is 0 Å². The molecule has 0 radical (unpaired) electrons. The summed E-state index contributed by atoms with van der Waals surface area (Å²) in [6, 6.07) is 11.5. The van der Waals surface area contributed by atoms with E-state index in [4.69, 9.17) is 25.8 Å². The van der Waals surface area contributed by atoms with Crippen LogP contribution in [0, 0.1) is 17.8 Å². The normalized spacial score (nSPS) is 30.6. The van der Waals surface area contributed by atoms with E-state index in [1.807, 2.05) is 25.1 Å². The smallest absolute Gasteiger partial charge is 0.264 e. The molecule has 2 aliphatic heterocycles. The number of hydrogen-bond donors (Lipinski definition) is 1. The van der Waals surface area contributed by atoms with Gasteiger partial charge in [-0.25, -0.2) is 13.1 Å². The van der Waals surface area contributed by atoms with E-state index < -0.39 is 15.9 Å². The van der Waals surface area contributed by atoms with Crippen LogP contribution in [-0.4, -0.2) is 66.2 Å². The minimum atomic E-state index is -3.83. The quantitative estimate of drug-likeness (QED) is 0.346. The first-order chi connectivity index (χ1) is 21.2. The lowest BCUT2D eigenvalue weighted by Gasteiger charge is -2.46. The fraction of sp³-hybridized carbons (Fsp3) is 0.559. The summed E-state index contributed by atoms with van der Waals surface area (Å²) in [5.41, 5.74) is 3.43. The van der Waals surface area contributed by atoms with Crippen LogP contribution in [0.15, 0.2) is 48.6 Å². The third kappa shape index (κ3) is 6.66. The molecule has 1 spiro atoms. The number of hydrogen-bond acceptors (Lipinski definition) is 7. The molecule has 2 bridgehead atoms. The van der Waals surface area contributed by atoms with Crippen molar-refractivity contribution in [2.24, 2.45) is 17.8 Å². The number of methoxy groups -OCH3 is 1. The highest BCUT2D eigenvalue weighted by Crippen LogP contribution is 2.47. The van der Waals surface area contributed by atoms with E-state index in [9.17, 15) is 13.2 Å². The summed E-state index contributed by atoms with van der Waals surface area (Å²) in [6.45, 7) is 4.92. The van der Waals surface area contributed by atoms with Gasteiger partial charge in [0.25, 0.3) is 5.91 Å². The lowest BCUT2D eigenvalue weighted by atomic mass is 9.68. The van der Waals surface area contributed by atoms with Gasteiger partial charge in [-0.15, -0.1) is 0 Å². The zero-order valence-electron chi connectivity index (χ0n) is 25.6. The Morgan fingerprint density at radius 2 is 2.02 bits per heavy atom. The molecule has 0 unspecified atom stereocenters. The van der Waals surface area contributed by atoms with Crippen molar-refractivity contribution in [1.29, 1.82) is 0 Å². The molecule has 1 saturated carbocycles. The summed E-state index contributed by atoms with van der Waals surface area (Å²) in [5.74, 6) is 0.486. The van der Waals surface area contributed by atoms with E-state index >= 15 is 0 Å². The molecule has 2 heterocycles. The highest BCUT2D eigenvalue weighted by Gasteiger charge is 2.44. The maximum absolute atomic E-state index is 13.3. The van der Waals surface area contributed by atoms with Gasteiger partial charge in [0.15, 0.2) is 0 Å². The number of carbonyl (C=O) groups is 1. The molecule has 2 aromatic rings. The first-order valence-electron chi connectivity index (χ1n) is 15.8. The Labute approximate surface area is 266 Å². The number of halogens is 1. The monoisotopic (exact) mass is 642 g/mol. The van der Waals surface area contributed by atoms with Gasteiger partial charge in [0.05, 0.1) is 37.4 Å². The van der Waals surface area contributed by atoms with E-state index in [1.165, 1.54) is 11.1 Å². The van der Waals surface area contributed by atoms with E-state index in [0.29, 0.717) is 49.4 Å². The first-order valence-corrected chi connectivity index (χ1v) is 17.8. The van der Waals surface area contributed by atoms with Crippen LogP contribution in [0.3, 0.4) is 0 Å². The molecule has 1 amide bonds. The van der Waals surface area contributed by atoms with Crippen LogP contribution in [0.2, 0.25) is 5.02 Å². The topological polar surface area (TPSA) is 94.2 Å². The number of rotatable bonds is 4. The Morgan fingerprint density at radius 3 is 2.82 bits per heavy atom. The van der Waals surface area contributed by atoms with E-state index in [0.717, 1.165) is 55.9 Å². The molecule has 1 fully saturated rings. The predicted octanol–water partition coefficient (Wildman–Crippen LogP) is 5.53. The number of carbonyl (C=O) groups excluding carboxylic acids is 1. The molecule has 10 heteroatoms. The summed E-state index contributed by atoms with van der Waals surface area (Å²) >= 11 is 6.42. The van der Waals surface area contributed by atoms with Gasteiger partial charge < -0.3 is 19.1 Å². The fourth-order valence-electron chi connectivity index (χ4n) is 7.51. The van der Waals surface area contributed by atoms with Crippen molar-refractivity contribution >= 4 is 33.2 Å². The van der Waals surface area contributed by atoms with E-state index in [-0.39, 0.29) is 23.2 Å². The van der Waals surface area contributed by atoms with Crippen LogP contribution in [0.1, 0.15) is 60.5 Å². The third-order valence-corrected chi connectivity index (χ3v) is 11.6. The average molecular weight is 643 g/mol. The fourth-order valence-corrected chi connectivity index (χ4v) is 9.07. The Kier molecular flexibility index (Phi) is 9.30. The van der Waals surface area contributed by atoms with E-state index in [2.05, 4.69) is 27.8 Å². The maximum Gasteiger partial charge on any atom is 0.264 e. The third-order valence-electron chi connectivity index (χ3n) is 9.87. The van der Waals surface area contributed by atoms with Crippen LogP contribution < -0.4 is 14.4 Å². The van der Waals surface area contributed by atoms with Crippen molar-refractivity contribution in [2.45, 2.75) is 57.0 Å². The zero-order chi connectivity index (χ0) is 30.9. The molecule has 44 heavy (non-hydrogen) atoms. The summed E-state index contributed by atoms with van der Waals surface area (Å²) < 4.78 is 46.5. The van der Waals surface area contributed by atoms with Gasteiger partial charge in [0, 0.05) is 36.2 Å². The van der Waals surface area contributed by atoms with Crippen LogP contribution in [0.5, 0.6) is 5.75 Å². The zero-order valence-corrected chi connectivity index (χ0v) is 27.2. The lowest BCUT2D eigenvalue weighted by Crippen LogP contribution is -2.49. The van der Waals surface area contributed by atoms with Crippen LogP contribution in [-0.2, 0) is 31.3 Å². The number of fused-ring (bicyclic) bond motifs is 4. The number of ether oxygens (including phenoxy) is 3. The SMILES string of the molecule is COCCO[C@H]1/C=C\C[C@@H](C)CS(=O)(=O)NC(=O)c2ccc3c(c2)N(C[C@@H]2CC[C@H]21)C[C@@]1(CCCc2cc(Cl)ccc21)CO3. The highest BCUT2D eigenvalue weighted by atomic mass is 35.5. The standard InChI is InChI=1S/C34H43ClN2O6S/c1-23-5-3-7-31(42-16-15-41-2)28-11-8-26(28)19-37-21-34(14-4-6-24-17-27(35)10-12-29(24)34)22-43-32-13-9-25(18-30(32)37)33(38)36-44(39,40)20-23/h3,7,9-10,12-13,17-18,23,26,28,31H,4-6,8,11,14-16,19-22H2,1-2H3,(H,36,38)/b7-3-/t23-,26+,28-,31+,34+/m1/s1. The minimum absolute atomic E-state index is 0.0825. The van der Waals surface area contributed by atoms with Crippen LogP contribution >= 0.6 is 11.6 Å². The molecule has 2 aromatic carbocycles. The molecule has 2 aliphatic carbocycles. The van der Waals surface area contributed by atoms with Crippen molar-refractivity contribution in [3.05, 3.63) is 70.3 Å². The number of sulfonamides is 1. The van der Waals surface area contributed by atoms with Gasteiger partial charge in [0.1, 0.15) is 5.75 Å². The molecule has 8 nitrogen and oxygen atoms in total. The Bertz CT molecular complexity index is 1510. The molecular weight excluding hydrogens is 600 g/mol. The van der Waals surface area contributed by atoms with Gasteiger partial charge in [-0.2, -0.15) is 0 Å². The summed E-state index contributed by atoms with van der Waals surface area (Å²) in [6.07, 6.45) is 9.80. The molecule has 6 rings (SSSR count). The number of allylic oxidation sites excluding steroid dienone is 1. The molecule has 238 valence electrons. The molecular formula is C34H43ClN2O6S. The molecule has 0 saturated heterocycles. The second-order valence-electron chi connectivity index (χ2n) is 13.1. The predicted molar refractivity (Wildman–Crippen MR) is 172 cm³/mol. The molecule has 1 N–H and O–H groups in total. The number of amides is 1. The average Bonchev–Trinajstić information content (AvgIpc) is 3.11. The molecule has 4 aliphatic rings. The Hall–Kier alpha value is -2.59. The second-order valence-corrected chi connectivity index (χ2v) is 15.3. The highest BCUT2D eigenvalue weighted by molar-refractivity contribution is 7.90. The number of nitrogens with zero attached hydrogens (tertiary/aromatic N) is 1. The van der Waals surface area contributed by atoms with Gasteiger partial charge in [-0.3, -0.25) is 4.79 Å². The van der Waals surface area contributed by atoms with E-state index in [1.54, 1.807) is 19.2 Å². The van der Waals surface area contributed by atoms with Crippen LogP contribution in [0.25, 0.3) is 0 Å². The van der Waals surface area contributed by atoms with Gasteiger partial charge in [-0.1, -0.05) is 36.7 Å². The minimum Gasteiger partial charge on any atom is -0.490 e. The maximum atomic E-state index is 13.3. The number of benzene rings is 2. The number of nitrogens with one attached hydrogen (secondary N) is 1. The summed E-state index contributed by atoms with van der Waals surface area (Å²) in [7, 11) is -2.16. The van der Waals surface area contributed by atoms with Crippen molar-refractivity contribution in [1.82, 2.24) is 4.72 Å². The van der Waals surface area contributed by atoms with Crippen molar-refractivity contribution < 1.29 is 27.4 Å². The number of aryl methyl sites for hydroxylation is 1. The molecule has 5 atom stereocenters. The first kappa shape index (κ1) is 31.4. The van der Waals surface area contributed by atoms with Gasteiger partial charge in [-0.05, 0) is 97.7 Å². The Morgan fingerprint density at radius 1 is 1.16 bits per heavy atom.